The highest BCUT2D eigenvalue weighted by Crippen LogP contribution is 2.32. The predicted molar refractivity (Wildman–Crippen MR) is 110 cm³/mol. The topological polar surface area (TPSA) is 98.7 Å². The molecule has 1 aliphatic rings. The molecule has 1 atom stereocenters. The molecule has 29 heavy (non-hydrogen) atoms. The molecule has 1 amide bonds. The number of nitrogens with two attached hydrogens (primary N) is 1. The molecule has 7 nitrogen and oxygen atoms in total. The molecule has 3 aromatic rings. The molecule has 150 valence electrons. The van der Waals surface area contributed by atoms with Gasteiger partial charge in [-0.1, -0.05) is 30.3 Å². The summed E-state index contributed by atoms with van der Waals surface area (Å²) < 4.78 is 1.67. The van der Waals surface area contributed by atoms with E-state index < -0.39 is 0 Å². The van der Waals surface area contributed by atoms with Crippen LogP contribution in [0, 0.1) is 5.92 Å². The zero-order chi connectivity index (χ0) is 20.1. The Balaban J connectivity index is 1.45. The summed E-state index contributed by atoms with van der Waals surface area (Å²) in [7, 11) is 0. The Bertz CT molecular complexity index is 936. The normalized spacial score (nSPS) is 14.5. The van der Waals surface area contributed by atoms with Gasteiger partial charge in [0.05, 0.1) is 6.04 Å². The minimum Gasteiger partial charge on any atom is -0.350 e. The van der Waals surface area contributed by atoms with Crippen molar-refractivity contribution in [1.82, 2.24) is 25.1 Å². The summed E-state index contributed by atoms with van der Waals surface area (Å²) in [4.78, 5) is 21.2. The Morgan fingerprint density at radius 3 is 2.62 bits per heavy atom. The van der Waals surface area contributed by atoms with E-state index in [1.54, 1.807) is 17.1 Å². The highest BCUT2D eigenvalue weighted by Gasteiger charge is 2.26. The van der Waals surface area contributed by atoms with Crippen LogP contribution < -0.4 is 11.1 Å². The Morgan fingerprint density at radius 2 is 1.90 bits per heavy atom. The number of nitrogens with zero attached hydrogens (tertiary/aromatic N) is 4. The predicted octanol–water partition coefficient (Wildman–Crippen LogP) is 2.18. The molecule has 7 heteroatoms. The fourth-order valence-corrected chi connectivity index (χ4v) is 3.31. The second kappa shape index (κ2) is 8.96. The average molecular weight is 390 g/mol. The largest absolute Gasteiger partial charge is 0.350 e. The summed E-state index contributed by atoms with van der Waals surface area (Å²) in [6, 6.07) is 13.5. The van der Waals surface area contributed by atoms with Gasteiger partial charge in [0.1, 0.15) is 12.4 Å². The summed E-state index contributed by atoms with van der Waals surface area (Å²) >= 11 is 0. The number of hydrogen-bond donors (Lipinski definition) is 2. The van der Waals surface area contributed by atoms with Crippen LogP contribution in [0.4, 0.5) is 0 Å². The Hall–Kier alpha value is -3.06. The molecule has 0 spiro atoms. The van der Waals surface area contributed by atoms with Crippen molar-refractivity contribution in [2.75, 3.05) is 0 Å². The molecule has 1 aliphatic carbocycles. The van der Waals surface area contributed by atoms with Crippen molar-refractivity contribution in [3.05, 3.63) is 77.6 Å². The highest BCUT2D eigenvalue weighted by molar-refractivity contribution is 5.75. The Kier molecular flexibility index (Phi) is 5.95. The molecule has 0 unspecified atom stereocenters. The zero-order valence-electron chi connectivity index (χ0n) is 16.4. The molecule has 3 N–H and O–H groups in total. The second-order valence-corrected chi connectivity index (χ2v) is 7.62. The summed E-state index contributed by atoms with van der Waals surface area (Å²) in [5, 5.41) is 7.53. The van der Waals surface area contributed by atoms with Gasteiger partial charge in [0.25, 0.3) is 0 Å². The number of amides is 1. The lowest BCUT2D eigenvalue weighted by molar-refractivity contribution is -0.122. The molecule has 1 saturated carbocycles. The quantitative estimate of drug-likeness (QED) is 0.583. The van der Waals surface area contributed by atoms with E-state index in [1.807, 2.05) is 42.5 Å². The van der Waals surface area contributed by atoms with Gasteiger partial charge in [0.2, 0.25) is 5.91 Å². The van der Waals surface area contributed by atoms with Crippen molar-refractivity contribution in [3.63, 3.8) is 0 Å². The summed E-state index contributed by atoms with van der Waals surface area (Å²) in [6.07, 6.45) is 7.39. The van der Waals surface area contributed by atoms with Gasteiger partial charge < -0.3 is 11.1 Å². The standard InChI is InChI=1S/C22H26N6O/c23-19(12-16-4-2-1-3-5-16)22-26-20(13-17-6-7-17)27-28(22)15-21(29)25-14-18-8-10-24-11-9-18/h1-5,8-11,17,19H,6-7,12-15,23H2,(H,25,29)/t19-/m1/s1. The number of rotatable bonds is 9. The summed E-state index contributed by atoms with van der Waals surface area (Å²) in [6.45, 7) is 0.566. The van der Waals surface area contributed by atoms with Crippen LogP contribution in [0.25, 0.3) is 0 Å². The van der Waals surface area contributed by atoms with Gasteiger partial charge in [-0.05, 0) is 48.4 Å². The molecule has 0 bridgehead atoms. The third-order valence-corrected chi connectivity index (χ3v) is 5.07. The van der Waals surface area contributed by atoms with Crippen molar-refractivity contribution in [2.45, 2.75) is 44.8 Å². The third-order valence-electron chi connectivity index (χ3n) is 5.07. The second-order valence-electron chi connectivity index (χ2n) is 7.62. The van der Waals surface area contributed by atoms with Gasteiger partial charge >= 0.3 is 0 Å². The minimum absolute atomic E-state index is 0.112. The van der Waals surface area contributed by atoms with Crippen LogP contribution in [0.5, 0.6) is 0 Å². The van der Waals surface area contributed by atoms with E-state index in [4.69, 9.17) is 10.7 Å². The van der Waals surface area contributed by atoms with E-state index in [-0.39, 0.29) is 18.5 Å². The Morgan fingerprint density at radius 1 is 1.14 bits per heavy atom. The van der Waals surface area contributed by atoms with E-state index in [1.165, 1.54) is 12.8 Å². The lowest BCUT2D eigenvalue weighted by atomic mass is 10.1. The number of carbonyl (C=O) groups is 1. The maximum Gasteiger partial charge on any atom is 0.242 e. The van der Waals surface area contributed by atoms with Crippen LogP contribution in [-0.4, -0.2) is 25.7 Å². The van der Waals surface area contributed by atoms with Crippen molar-refractivity contribution >= 4 is 5.91 Å². The molecule has 2 aromatic heterocycles. The zero-order valence-corrected chi connectivity index (χ0v) is 16.4. The van der Waals surface area contributed by atoms with E-state index in [2.05, 4.69) is 15.4 Å². The first-order valence-electron chi connectivity index (χ1n) is 10.1. The molecular weight excluding hydrogens is 364 g/mol. The molecule has 1 fully saturated rings. The van der Waals surface area contributed by atoms with Crippen LogP contribution in [0.1, 0.15) is 41.7 Å². The van der Waals surface area contributed by atoms with Crippen LogP contribution in [-0.2, 0) is 30.7 Å². The van der Waals surface area contributed by atoms with Crippen molar-refractivity contribution in [1.29, 1.82) is 0 Å². The number of aromatic nitrogens is 4. The fraction of sp³-hybridized carbons (Fsp3) is 0.364. The van der Waals surface area contributed by atoms with Crippen LogP contribution in [0.15, 0.2) is 54.9 Å². The van der Waals surface area contributed by atoms with Crippen molar-refractivity contribution in [3.8, 4) is 0 Å². The molecule has 0 aliphatic heterocycles. The van der Waals surface area contributed by atoms with E-state index in [0.29, 0.717) is 24.7 Å². The molecule has 2 heterocycles. The first kappa shape index (κ1) is 19.3. The molecule has 0 saturated heterocycles. The van der Waals surface area contributed by atoms with Crippen LogP contribution in [0.3, 0.4) is 0 Å². The van der Waals surface area contributed by atoms with E-state index in [0.717, 1.165) is 23.4 Å². The molecule has 1 aromatic carbocycles. The first-order valence-corrected chi connectivity index (χ1v) is 10.1. The van der Waals surface area contributed by atoms with Gasteiger partial charge in [-0.25, -0.2) is 9.67 Å². The lowest BCUT2D eigenvalue weighted by Gasteiger charge is -2.13. The van der Waals surface area contributed by atoms with E-state index >= 15 is 0 Å². The van der Waals surface area contributed by atoms with Gasteiger partial charge in [0.15, 0.2) is 5.82 Å². The lowest BCUT2D eigenvalue weighted by Crippen LogP contribution is -2.30. The number of benzene rings is 1. The van der Waals surface area contributed by atoms with Crippen LogP contribution >= 0.6 is 0 Å². The summed E-state index contributed by atoms with van der Waals surface area (Å²) in [5.74, 6) is 2.01. The highest BCUT2D eigenvalue weighted by atomic mass is 16.2. The Labute approximate surface area is 170 Å². The monoisotopic (exact) mass is 390 g/mol. The minimum atomic E-state index is -0.314. The summed E-state index contributed by atoms with van der Waals surface area (Å²) in [5.41, 5.74) is 8.61. The number of pyridine rings is 1. The van der Waals surface area contributed by atoms with Crippen LogP contribution in [0.2, 0.25) is 0 Å². The van der Waals surface area contributed by atoms with Crippen molar-refractivity contribution in [2.24, 2.45) is 11.7 Å². The molecular formula is C22H26N6O. The van der Waals surface area contributed by atoms with Gasteiger partial charge in [0, 0.05) is 25.4 Å². The maximum atomic E-state index is 12.5. The van der Waals surface area contributed by atoms with Gasteiger partial charge in [-0.15, -0.1) is 0 Å². The van der Waals surface area contributed by atoms with Gasteiger partial charge in [-0.2, -0.15) is 5.10 Å². The fourth-order valence-electron chi connectivity index (χ4n) is 3.31. The third kappa shape index (κ3) is 5.48. The SMILES string of the molecule is N[C@H](Cc1ccccc1)c1nc(CC2CC2)nn1CC(=O)NCc1ccncc1. The van der Waals surface area contributed by atoms with Crippen molar-refractivity contribution < 1.29 is 4.79 Å². The number of hydrogen-bond acceptors (Lipinski definition) is 5. The van der Waals surface area contributed by atoms with E-state index in [9.17, 15) is 4.79 Å². The number of nitrogens with one attached hydrogen (secondary N) is 1. The molecule has 0 radical (unpaired) electrons. The first-order chi connectivity index (χ1) is 14.2. The average Bonchev–Trinajstić information content (AvgIpc) is 3.46. The smallest absolute Gasteiger partial charge is 0.242 e. The molecule has 4 rings (SSSR count). The van der Waals surface area contributed by atoms with Gasteiger partial charge in [-0.3, -0.25) is 9.78 Å². The number of carbonyl (C=O) groups excluding carboxylic acids is 1. The maximum absolute atomic E-state index is 12.5.